The Morgan fingerprint density at radius 1 is 1.33 bits per heavy atom. The molecule has 0 saturated carbocycles. The zero-order valence-electron chi connectivity index (χ0n) is 7.47. The van der Waals surface area contributed by atoms with Crippen LogP contribution in [0.3, 0.4) is 0 Å². The van der Waals surface area contributed by atoms with Gasteiger partial charge in [-0.3, -0.25) is 5.10 Å². The Kier molecular flexibility index (Phi) is 2.88. The molecule has 2 rings (SSSR count). The number of benzene rings is 1. The monoisotopic (exact) mass is 245 g/mol. The molecule has 78 valence electrons. The molecule has 0 amide bonds. The van der Waals surface area contributed by atoms with E-state index in [0.717, 1.165) is 0 Å². The molecule has 0 spiro atoms. The average molecular weight is 246 g/mol. The van der Waals surface area contributed by atoms with Crippen LogP contribution in [0.1, 0.15) is 11.4 Å². The van der Waals surface area contributed by atoms with Gasteiger partial charge in [-0.25, -0.2) is 9.37 Å². The van der Waals surface area contributed by atoms with Gasteiger partial charge in [0.1, 0.15) is 11.6 Å². The highest BCUT2D eigenvalue weighted by Gasteiger charge is 2.10. The number of hydrogen-bond acceptors (Lipinski definition) is 2. The van der Waals surface area contributed by atoms with Crippen LogP contribution in [0.4, 0.5) is 4.39 Å². The van der Waals surface area contributed by atoms with E-state index in [1.165, 1.54) is 6.07 Å². The van der Waals surface area contributed by atoms with Gasteiger partial charge in [-0.05, 0) is 23.7 Å². The first kappa shape index (κ1) is 10.4. The topological polar surface area (TPSA) is 41.6 Å². The summed E-state index contributed by atoms with van der Waals surface area (Å²) in [7, 11) is 0. The number of aromatic amines is 1. The minimum atomic E-state index is -0.366. The van der Waals surface area contributed by atoms with Crippen LogP contribution in [0.2, 0.25) is 10.3 Å². The summed E-state index contributed by atoms with van der Waals surface area (Å²) in [4.78, 5) is 3.86. The van der Waals surface area contributed by atoms with Crippen LogP contribution in [0.25, 0.3) is 0 Å². The van der Waals surface area contributed by atoms with E-state index in [4.69, 9.17) is 23.2 Å². The molecular formula is C9H6Cl2FN3. The molecule has 0 saturated heterocycles. The van der Waals surface area contributed by atoms with Gasteiger partial charge in [0.15, 0.2) is 0 Å². The Bertz CT molecular complexity index is 464. The Morgan fingerprint density at radius 2 is 2.13 bits per heavy atom. The molecule has 6 heteroatoms. The quantitative estimate of drug-likeness (QED) is 0.885. The predicted octanol–water partition coefficient (Wildman–Crippen LogP) is 2.84. The maximum absolute atomic E-state index is 13.4. The Morgan fingerprint density at radius 3 is 2.73 bits per heavy atom. The molecule has 0 fully saturated rings. The number of H-pyrrole nitrogens is 1. The average Bonchev–Trinajstić information content (AvgIpc) is 2.58. The molecule has 0 bridgehead atoms. The van der Waals surface area contributed by atoms with Gasteiger partial charge in [0.05, 0.1) is 0 Å². The van der Waals surface area contributed by atoms with Crippen LogP contribution in [0, 0.1) is 5.82 Å². The maximum atomic E-state index is 13.4. The highest BCUT2D eigenvalue weighted by atomic mass is 35.5. The third kappa shape index (κ3) is 2.27. The van der Waals surface area contributed by atoms with Crippen molar-refractivity contribution < 1.29 is 4.39 Å². The molecule has 1 aromatic carbocycles. The summed E-state index contributed by atoms with van der Waals surface area (Å²) in [6.07, 6.45) is 0.241. The van der Waals surface area contributed by atoms with Crippen LogP contribution < -0.4 is 0 Å². The van der Waals surface area contributed by atoms with E-state index in [1.54, 1.807) is 12.1 Å². The number of hydrogen-bond donors (Lipinski definition) is 1. The van der Waals surface area contributed by atoms with Crippen molar-refractivity contribution in [3.05, 3.63) is 45.7 Å². The van der Waals surface area contributed by atoms with Gasteiger partial charge in [-0.2, -0.15) is 0 Å². The first-order valence-corrected chi connectivity index (χ1v) is 4.92. The van der Waals surface area contributed by atoms with Crippen LogP contribution >= 0.6 is 23.2 Å². The zero-order chi connectivity index (χ0) is 10.8. The summed E-state index contributed by atoms with van der Waals surface area (Å²) in [6.45, 7) is 0. The van der Waals surface area contributed by atoms with E-state index in [2.05, 4.69) is 15.2 Å². The minimum absolute atomic E-state index is 0.109. The first-order chi connectivity index (χ1) is 7.16. The molecule has 1 N–H and O–H groups in total. The van der Waals surface area contributed by atoms with E-state index < -0.39 is 0 Å². The van der Waals surface area contributed by atoms with Crippen LogP contribution in [-0.4, -0.2) is 15.2 Å². The molecule has 2 aromatic rings. The fraction of sp³-hybridized carbons (Fsp3) is 0.111. The molecule has 0 aliphatic heterocycles. The zero-order valence-corrected chi connectivity index (χ0v) is 8.98. The number of halogens is 3. The molecule has 0 unspecified atom stereocenters. The molecule has 15 heavy (non-hydrogen) atoms. The van der Waals surface area contributed by atoms with Crippen molar-refractivity contribution in [3.63, 3.8) is 0 Å². The van der Waals surface area contributed by atoms with Crippen LogP contribution in [0.5, 0.6) is 0 Å². The summed E-state index contributed by atoms with van der Waals surface area (Å²) in [5.74, 6) is 0.113. The fourth-order valence-electron chi connectivity index (χ4n) is 1.22. The predicted molar refractivity (Wildman–Crippen MR) is 55.6 cm³/mol. The van der Waals surface area contributed by atoms with Gasteiger partial charge in [0.2, 0.25) is 5.28 Å². The lowest BCUT2D eigenvalue weighted by Gasteiger charge is -2.02. The molecular weight excluding hydrogens is 240 g/mol. The van der Waals surface area contributed by atoms with Crippen LogP contribution in [-0.2, 0) is 6.42 Å². The third-order valence-electron chi connectivity index (χ3n) is 1.91. The Balaban J connectivity index is 2.31. The van der Waals surface area contributed by atoms with E-state index in [9.17, 15) is 4.39 Å². The summed E-state index contributed by atoms with van der Waals surface area (Å²) >= 11 is 11.4. The molecule has 1 heterocycles. The Labute approximate surface area is 95.2 Å². The minimum Gasteiger partial charge on any atom is -0.261 e. The highest BCUT2D eigenvalue weighted by Crippen LogP contribution is 2.21. The van der Waals surface area contributed by atoms with Gasteiger partial charge >= 0.3 is 0 Å². The van der Waals surface area contributed by atoms with E-state index >= 15 is 0 Å². The SMILES string of the molecule is Fc1cccc(Cl)c1Cc1nc(Cl)n[nH]1. The summed E-state index contributed by atoms with van der Waals surface area (Å²) < 4.78 is 13.4. The lowest BCUT2D eigenvalue weighted by atomic mass is 10.1. The number of nitrogens with one attached hydrogen (secondary N) is 1. The molecule has 0 aliphatic rings. The van der Waals surface area contributed by atoms with Crippen molar-refractivity contribution in [3.8, 4) is 0 Å². The number of rotatable bonds is 2. The standard InChI is InChI=1S/C9H6Cl2FN3/c10-6-2-1-3-7(12)5(6)4-8-13-9(11)15-14-8/h1-3H,4H2,(H,13,14,15). The molecule has 0 radical (unpaired) electrons. The second-order valence-electron chi connectivity index (χ2n) is 2.93. The largest absolute Gasteiger partial charge is 0.261 e. The van der Waals surface area contributed by atoms with Crippen molar-refractivity contribution in [2.75, 3.05) is 0 Å². The number of nitrogens with zero attached hydrogens (tertiary/aromatic N) is 2. The Hall–Kier alpha value is -1.13. The normalized spacial score (nSPS) is 10.6. The second-order valence-corrected chi connectivity index (χ2v) is 3.67. The van der Waals surface area contributed by atoms with Gasteiger partial charge in [0, 0.05) is 17.0 Å². The molecule has 0 aliphatic carbocycles. The van der Waals surface area contributed by atoms with E-state index in [0.29, 0.717) is 16.4 Å². The summed E-state index contributed by atoms with van der Waals surface area (Å²) in [6, 6.07) is 4.52. The van der Waals surface area contributed by atoms with Crippen molar-refractivity contribution in [1.82, 2.24) is 15.2 Å². The smallest absolute Gasteiger partial charge is 0.242 e. The summed E-state index contributed by atoms with van der Waals surface area (Å²) in [5.41, 5.74) is 0.381. The van der Waals surface area contributed by atoms with Crippen molar-refractivity contribution in [2.45, 2.75) is 6.42 Å². The van der Waals surface area contributed by atoms with Gasteiger partial charge in [-0.15, -0.1) is 5.10 Å². The second kappa shape index (κ2) is 4.16. The maximum Gasteiger partial charge on any atom is 0.242 e. The summed E-state index contributed by atoms with van der Waals surface area (Å²) in [5, 5.41) is 6.70. The lowest BCUT2D eigenvalue weighted by molar-refractivity contribution is 0.612. The molecule has 0 atom stereocenters. The number of aromatic nitrogens is 3. The molecule has 3 nitrogen and oxygen atoms in total. The van der Waals surface area contributed by atoms with Crippen molar-refractivity contribution in [1.29, 1.82) is 0 Å². The van der Waals surface area contributed by atoms with Gasteiger partial charge in [-0.1, -0.05) is 17.7 Å². The van der Waals surface area contributed by atoms with Crippen LogP contribution in [0.15, 0.2) is 18.2 Å². The lowest BCUT2D eigenvalue weighted by Crippen LogP contribution is -1.95. The van der Waals surface area contributed by atoms with Gasteiger partial charge in [0.25, 0.3) is 0 Å². The van der Waals surface area contributed by atoms with E-state index in [1.807, 2.05) is 0 Å². The van der Waals surface area contributed by atoms with E-state index in [-0.39, 0.29) is 17.5 Å². The third-order valence-corrected chi connectivity index (χ3v) is 2.43. The van der Waals surface area contributed by atoms with Crippen molar-refractivity contribution >= 4 is 23.2 Å². The highest BCUT2D eigenvalue weighted by molar-refractivity contribution is 6.31. The first-order valence-electron chi connectivity index (χ1n) is 4.16. The van der Waals surface area contributed by atoms with Crippen molar-refractivity contribution in [2.24, 2.45) is 0 Å². The molecule has 1 aromatic heterocycles. The van der Waals surface area contributed by atoms with Gasteiger partial charge < -0.3 is 0 Å². The fourth-order valence-corrected chi connectivity index (χ4v) is 1.59.